The highest BCUT2D eigenvalue weighted by molar-refractivity contribution is 6.15. The van der Waals surface area contributed by atoms with E-state index < -0.39 is 0 Å². The molecule has 2 heterocycles. The number of fused-ring (bicyclic) bond motifs is 2. The van der Waals surface area contributed by atoms with E-state index in [0.29, 0.717) is 19.4 Å². The Bertz CT molecular complexity index is 1260. The van der Waals surface area contributed by atoms with Gasteiger partial charge in [-0.2, -0.15) is 0 Å². The second kappa shape index (κ2) is 6.82. The molecule has 0 unspecified atom stereocenters. The molecular weight excluding hydrogens is 360 g/mol. The Morgan fingerprint density at radius 1 is 1.07 bits per heavy atom. The van der Waals surface area contributed by atoms with Crippen molar-refractivity contribution in [1.82, 2.24) is 4.57 Å². The fourth-order valence-electron chi connectivity index (χ4n) is 4.06. The van der Waals surface area contributed by atoms with Crippen molar-refractivity contribution in [3.63, 3.8) is 0 Å². The largest absolute Gasteiger partial charge is 0.319 e. The Morgan fingerprint density at radius 2 is 1.90 bits per heavy atom. The van der Waals surface area contributed by atoms with Gasteiger partial charge in [-0.1, -0.05) is 36.4 Å². The van der Waals surface area contributed by atoms with Crippen molar-refractivity contribution >= 4 is 17.6 Å². The van der Waals surface area contributed by atoms with Gasteiger partial charge in [-0.05, 0) is 40.5 Å². The summed E-state index contributed by atoms with van der Waals surface area (Å²) in [6.45, 7) is 0.612. The zero-order chi connectivity index (χ0) is 20.0. The van der Waals surface area contributed by atoms with Crippen molar-refractivity contribution in [3.05, 3.63) is 110 Å². The number of nitrogens with zero attached hydrogens (tertiary/aromatic N) is 2. The van der Waals surface area contributed by atoms with Gasteiger partial charge in [-0.25, -0.2) is 0 Å². The molecule has 4 nitrogen and oxygen atoms in total. The molecular formula is C25H20N2O2. The molecule has 2 aromatic carbocycles. The smallest absolute Gasteiger partial charge is 0.250 e. The van der Waals surface area contributed by atoms with Crippen LogP contribution >= 0.6 is 0 Å². The average molecular weight is 380 g/mol. The second-order valence-corrected chi connectivity index (χ2v) is 7.67. The zero-order valence-electron chi connectivity index (χ0n) is 16.2. The summed E-state index contributed by atoms with van der Waals surface area (Å²) in [7, 11) is 1.74. The van der Waals surface area contributed by atoms with Crippen molar-refractivity contribution in [2.75, 3.05) is 0 Å². The molecule has 0 fully saturated rings. The first-order valence-corrected chi connectivity index (χ1v) is 9.74. The van der Waals surface area contributed by atoms with Crippen LogP contribution in [0.1, 0.15) is 33.4 Å². The first-order chi connectivity index (χ1) is 14.1. The van der Waals surface area contributed by atoms with Gasteiger partial charge < -0.3 is 4.57 Å². The lowest BCUT2D eigenvalue weighted by atomic mass is 9.95. The van der Waals surface area contributed by atoms with Crippen molar-refractivity contribution in [2.24, 2.45) is 12.0 Å². The predicted octanol–water partition coefficient (Wildman–Crippen LogP) is 3.49. The van der Waals surface area contributed by atoms with E-state index >= 15 is 0 Å². The van der Waals surface area contributed by atoms with Gasteiger partial charge in [0.2, 0.25) is 0 Å². The lowest BCUT2D eigenvalue weighted by Crippen LogP contribution is -2.17. The van der Waals surface area contributed by atoms with E-state index in [1.165, 1.54) is 5.56 Å². The number of rotatable bonds is 4. The van der Waals surface area contributed by atoms with Gasteiger partial charge in [-0.15, -0.1) is 0 Å². The van der Waals surface area contributed by atoms with Crippen LogP contribution in [0.2, 0.25) is 0 Å². The van der Waals surface area contributed by atoms with Crippen LogP contribution in [0, 0.1) is 0 Å². The average Bonchev–Trinajstić information content (AvgIpc) is 3.32. The number of aryl methyl sites for hydroxylation is 1. The Labute approximate surface area is 168 Å². The van der Waals surface area contributed by atoms with Gasteiger partial charge in [0, 0.05) is 48.9 Å². The van der Waals surface area contributed by atoms with E-state index in [4.69, 9.17) is 0 Å². The number of carbonyl (C=O) groups excluding carboxylic acids is 1. The van der Waals surface area contributed by atoms with E-state index in [2.05, 4.69) is 17.1 Å². The summed E-state index contributed by atoms with van der Waals surface area (Å²) < 4.78 is 1.55. The highest BCUT2D eigenvalue weighted by atomic mass is 16.1. The molecule has 0 amide bonds. The van der Waals surface area contributed by atoms with Crippen molar-refractivity contribution in [2.45, 2.75) is 19.4 Å². The SMILES string of the molecule is Cn1ccc(C2=NCc3cc4c(cc32)C=C(C(=O)Cc2ccccc2)C4)cc1=O. The van der Waals surface area contributed by atoms with Crippen LogP contribution in [0.15, 0.2) is 76.2 Å². The number of hydrogen-bond acceptors (Lipinski definition) is 3. The Morgan fingerprint density at radius 3 is 2.69 bits per heavy atom. The second-order valence-electron chi connectivity index (χ2n) is 7.67. The normalized spacial score (nSPS) is 14.2. The highest BCUT2D eigenvalue weighted by Gasteiger charge is 2.24. The first-order valence-electron chi connectivity index (χ1n) is 9.74. The van der Waals surface area contributed by atoms with Crippen molar-refractivity contribution < 1.29 is 4.79 Å². The number of carbonyl (C=O) groups is 1. The number of aliphatic imine (C=N–C) groups is 1. The third-order valence-corrected chi connectivity index (χ3v) is 5.68. The van der Waals surface area contributed by atoms with Gasteiger partial charge >= 0.3 is 0 Å². The monoisotopic (exact) mass is 380 g/mol. The summed E-state index contributed by atoms with van der Waals surface area (Å²) >= 11 is 0. The Balaban J connectivity index is 1.44. The summed E-state index contributed by atoms with van der Waals surface area (Å²) in [4.78, 5) is 29.5. The van der Waals surface area contributed by atoms with Crippen molar-refractivity contribution in [3.8, 4) is 0 Å². The van der Waals surface area contributed by atoms with Crippen LogP contribution in [-0.4, -0.2) is 16.1 Å². The molecule has 1 aliphatic carbocycles. The van der Waals surface area contributed by atoms with Crippen LogP contribution in [0.4, 0.5) is 0 Å². The van der Waals surface area contributed by atoms with Crippen LogP contribution in [0.25, 0.3) is 6.08 Å². The minimum Gasteiger partial charge on any atom is -0.319 e. The molecule has 0 saturated heterocycles. The molecule has 142 valence electrons. The Hall–Kier alpha value is -3.53. The minimum absolute atomic E-state index is 0.0477. The summed E-state index contributed by atoms with van der Waals surface area (Å²) in [5.74, 6) is 0.174. The highest BCUT2D eigenvalue weighted by Crippen LogP contribution is 2.32. The van der Waals surface area contributed by atoms with Crippen LogP contribution in [-0.2, 0) is 31.2 Å². The zero-order valence-corrected chi connectivity index (χ0v) is 16.2. The molecule has 2 aliphatic rings. The molecule has 0 bridgehead atoms. The Kier molecular flexibility index (Phi) is 4.13. The number of Topliss-reactive ketones (excluding diaryl/α,β-unsaturated/α-hetero) is 1. The fourth-order valence-corrected chi connectivity index (χ4v) is 4.06. The van der Waals surface area contributed by atoms with Crippen LogP contribution in [0.5, 0.6) is 0 Å². The maximum Gasteiger partial charge on any atom is 0.250 e. The molecule has 0 radical (unpaired) electrons. The molecule has 1 aromatic heterocycles. The molecule has 4 heteroatoms. The van der Waals surface area contributed by atoms with Crippen molar-refractivity contribution in [1.29, 1.82) is 0 Å². The summed E-state index contributed by atoms with van der Waals surface area (Å²) in [6, 6.07) is 17.7. The van der Waals surface area contributed by atoms with E-state index in [9.17, 15) is 9.59 Å². The van der Waals surface area contributed by atoms with Gasteiger partial charge in [0.05, 0.1) is 12.3 Å². The van der Waals surface area contributed by atoms with E-state index in [1.54, 1.807) is 23.9 Å². The number of aromatic nitrogens is 1. The molecule has 1 aliphatic heterocycles. The number of benzene rings is 2. The first kappa shape index (κ1) is 17.6. The number of ketones is 1. The fraction of sp³-hybridized carbons (Fsp3) is 0.160. The topological polar surface area (TPSA) is 51.4 Å². The quantitative estimate of drug-likeness (QED) is 0.696. The number of pyridine rings is 1. The third-order valence-electron chi connectivity index (χ3n) is 5.68. The van der Waals surface area contributed by atoms with Crippen LogP contribution < -0.4 is 5.56 Å². The summed E-state index contributed by atoms with van der Waals surface area (Å²) in [5.41, 5.74) is 8.03. The predicted molar refractivity (Wildman–Crippen MR) is 114 cm³/mol. The maximum absolute atomic E-state index is 12.8. The van der Waals surface area contributed by atoms with Crippen LogP contribution in [0.3, 0.4) is 0 Å². The molecule has 0 saturated carbocycles. The van der Waals surface area contributed by atoms with Gasteiger partial charge in [0.25, 0.3) is 5.56 Å². The lowest BCUT2D eigenvalue weighted by Gasteiger charge is -2.08. The summed E-state index contributed by atoms with van der Waals surface area (Å²) in [6.07, 6.45) is 4.89. The minimum atomic E-state index is -0.0477. The number of hydrogen-bond donors (Lipinski definition) is 0. The van der Waals surface area contributed by atoms with E-state index in [-0.39, 0.29) is 11.3 Å². The number of allylic oxidation sites excluding steroid dienone is 1. The van der Waals surface area contributed by atoms with E-state index in [0.717, 1.165) is 39.1 Å². The molecule has 5 rings (SSSR count). The molecule has 3 aromatic rings. The maximum atomic E-state index is 12.8. The molecule has 0 atom stereocenters. The summed E-state index contributed by atoms with van der Waals surface area (Å²) in [5, 5.41) is 0. The third kappa shape index (κ3) is 3.17. The molecule has 0 N–H and O–H groups in total. The van der Waals surface area contributed by atoms with Gasteiger partial charge in [-0.3, -0.25) is 14.6 Å². The molecule has 0 spiro atoms. The van der Waals surface area contributed by atoms with Gasteiger partial charge in [0.15, 0.2) is 5.78 Å². The standard InChI is InChI=1S/C25H20N2O2/c1-27-8-7-17(14-24(27)29)25-22-13-19-11-20(10-18(19)12-21(22)15-26-25)23(28)9-16-5-3-2-4-6-16/h2-8,11-14H,9-10,15H2,1H3. The van der Waals surface area contributed by atoms with Gasteiger partial charge in [0.1, 0.15) is 0 Å². The molecule has 29 heavy (non-hydrogen) atoms. The van der Waals surface area contributed by atoms with E-state index in [1.807, 2.05) is 42.5 Å². The lowest BCUT2D eigenvalue weighted by molar-refractivity contribution is -0.114.